The predicted molar refractivity (Wildman–Crippen MR) is 95.6 cm³/mol. The van der Waals surface area contributed by atoms with Crippen LogP contribution in [0, 0.1) is 12.8 Å². The van der Waals surface area contributed by atoms with Crippen molar-refractivity contribution in [2.45, 2.75) is 32.5 Å². The van der Waals surface area contributed by atoms with Crippen molar-refractivity contribution >= 4 is 17.6 Å². The number of urea groups is 1. The van der Waals surface area contributed by atoms with Gasteiger partial charge in [0, 0.05) is 24.7 Å². The first-order valence-electron chi connectivity index (χ1n) is 9.02. The van der Waals surface area contributed by atoms with Crippen LogP contribution in [0.5, 0.6) is 0 Å². The molecular weight excluding hydrogens is 391 g/mol. The molecule has 0 aliphatic carbocycles. The maximum atomic E-state index is 12.6. The van der Waals surface area contributed by atoms with Crippen LogP contribution in [0.2, 0.25) is 0 Å². The first-order valence-corrected chi connectivity index (χ1v) is 9.02. The highest BCUT2D eigenvalue weighted by Gasteiger charge is 2.30. The summed E-state index contributed by atoms with van der Waals surface area (Å²) < 4.78 is 42.7. The SMILES string of the molecule is Cc1noc(CNC(=O)C2CCN(C(=O)Nc3ccc(C(F)(F)F)cc3)CC2)n1. The van der Waals surface area contributed by atoms with Gasteiger partial charge in [0.2, 0.25) is 11.8 Å². The molecule has 29 heavy (non-hydrogen) atoms. The summed E-state index contributed by atoms with van der Waals surface area (Å²) in [6.07, 6.45) is -3.46. The number of carbonyl (C=O) groups is 2. The molecule has 1 aromatic carbocycles. The van der Waals surface area contributed by atoms with E-state index >= 15 is 0 Å². The number of benzene rings is 1. The van der Waals surface area contributed by atoms with Crippen LogP contribution in [0.4, 0.5) is 23.7 Å². The van der Waals surface area contributed by atoms with Crippen molar-refractivity contribution in [3.05, 3.63) is 41.5 Å². The fourth-order valence-corrected chi connectivity index (χ4v) is 3.01. The van der Waals surface area contributed by atoms with Gasteiger partial charge in [-0.25, -0.2) is 4.79 Å². The Bertz CT molecular complexity index is 858. The molecule has 3 rings (SSSR count). The molecule has 11 heteroatoms. The summed E-state index contributed by atoms with van der Waals surface area (Å²) in [4.78, 5) is 30.1. The molecule has 2 heterocycles. The van der Waals surface area contributed by atoms with Crippen LogP contribution in [-0.4, -0.2) is 40.1 Å². The van der Waals surface area contributed by atoms with Crippen molar-refractivity contribution in [3.8, 4) is 0 Å². The van der Waals surface area contributed by atoms with E-state index in [1.165, 1.54) is 17.0 Å². The lowest BCUT2D eigenvalue weighted by Gasteiger charge is -2.31. The number of hydrogen-bond acceptors (Lipinski definition) is 5. The maximum absolute atomic E-state index is 12.6. The minimum atomic E-state index is -4.42. The second kappa shape index (κ2) is 8.50. The number of piperidine rings is 1. The molecule has 0 atom stereocenters. The van der Waals surface area contributed by atoms with Crippen LogP contribution < -0.4 is 10.6 Å². The summed E-state index contributed by atoms with van der Waals surface area (Å²) >= 11 is 0. The summed E-state index contributed by atoms with van der Waals surface area (Å²) in [7, 11) is 0. The number of nitrogens with one attached hydrogen (secondary N) is 2. The highest BCUT2D eigenvalue weighted by molar-refractivity contribution is 5.89. The molecule has 0 unspecified atom stereocenters. The average Bonchev–Trinajstić information content (AvgIpc) is 3.11. The molecule has 1 aromatic heterocycles. The molecule has 1 saturated heterocycles. The smallest absolute Gasteiger partial charge is 0.347 e. The molecule has 2 aromatic rings. The summed E-state index contributed by atoms with van der Waals surface area (Å²) in [6, 6.07) is 3.83. The van der Waals surface area contributed by atoms with Gasteiger partial charge in [0.05, 0.1) is 12.1 Å². The zero-order chi connectivity index (χ0) is 21.0. The third kappa shape index (κ3) is 5.46. The molecule has 2 N–H and O–H groups in total. The standard InChI is InChI=1S/C18H20F3N5O3/c1-11-23-15(29-25-11)10-22-16(27)12-6-8-26(9-7-12)17(28)24-14-4-2-13(3-5-14)18(19,20)21/h2-5,12H,6-10H2,1H3,(H,22,27)(H,24,28). The molecule has 0 spiro atoms. The van der Waals surface area contributed by atoms with Crippen molar-refractivity contribution in [1.29, 1.82) is 0 Å². The summed E-state index contributed by atoms with van der Waals surface area (Å²) in [6.45, 7) is 2.56. The number of alkyl halides is 3. The Hall–Kier alpha value is -3.11. The van der Waals surface area contributed by atoms with Crippen LogP contribution >= 0.6 is 0 Å². The molecule has 156 valence electrons. The third-order valence-electron chi connectivity index (χ3n) is 4.60. The highest BCUT2D eigenvalue weighted by atomic mass is 19.4. The number of amides is 3. The van der Waals surface area contributed by atoms with Gasteiger partial charge in [0.25, 0.3) is 0 Å². The Morgan fingerprint density at radius 1 is 1.21 bits per heavy atom. The summed E-state index contributed by atoms with van der Waals surface area (Å²) in [5.74, 6) is 0.420. The van der Waals surface area contributed by atoms with E-state index in [1.54, 1.807) is 6.92 Å². The van der Waals surface area contributed by atoms with Gasteiger partial charge in [-0.05, 0) is 44.0 Å². The van der Waals surface area contributed by atoms with Crippen molar-refractivity contribution in [3.63, 3.8) is 0 Å². The Balaban J connectivity index is 1.44. The molecule has 0 bridgehead atoms. The topological polar surface area (TPSA) is 100 Å². The van der Waals surface area contributed by atoms with E-state index in [0.717, 1.165) is 12.1 Å². The number of nitrogens with zero attached hydrogens (tertiary/aromatic N) is 3. The van der Waals surface area contributed by atoms with Gasteiger partial charge in [0.1, 0.15) is 0 Å². The number of hydrogen-bond donors (Lipinski definition) is 2. The van der Waals surface area contributed by atoms with E-state index in [-0.39, 0.29) is 24.1 Å². The predicted octanol–water partition coefficient (Wildman–Crippen LogP) is 2.96. The van der Waals surface area contributed by atoms with Crippen LogP contribution in [0.3, 0.4) is 0 Å². The average molecular weight is 411 g/mol. The van der Waals surface area contributed by atoms with Gasteiger partial charge >= 0.3 is 12.2 Å². The molecule has 3 amide bonds. The van der Waals surface area contributed by atoms with E-state index in [9.17, 15) is 22.8 Å². The fraction of sp³-hybridized carbons (Fsp3) is 0.444. The highest BCUT2D eigenvalue weighted by Crippen LogP contribution is 2.30. The quantitative estimate of drug-likeness (QED) is 0.806. The lowest BCUT2D eigenvalue weighted by Crippen LogP contribution is -2.44. The van der Waals surface area contributed by atoms with E-state index in [4.69, 9.17) is 4.52 Å². The minimum Gasteiger partial charge on any atom is -0.347 e. The van der Waals surface area contributed by atoms with Gasteiger partial charge in [-0.2, -0.15) is 18.2 Å². The molecular formula is C18H20F3N5O3. The fourth-order valence-electron chi connectivity index (χ4n) is 3.01. The largest absolute Gasteiger partial charge is 0.416 e. The van der Waals surface area contributed by atoms with Crippen LogP contribution in [0.15, 0.2) is 28.8 Å². The number of halogens is 3. The van der Waals surface area contributed by atoms with Crippen LogP contribution in [0.1, 0.15) is 30.1 Å². The normalized spacial score (nSPS) is 15.2. The third-order valence-corrected chi connectivity index (χ3v) is 4.60. The van der Waals surface area contributed by atoms with Crippen LogP contribution in [0.25, 0.3) is 0 Å². The van der Waals surface area contributed by atoms with Gasteiger partial charge in [-0.3, -0.25) is 4.79 Å². The Morgan fingerprint density at radius 2 is 1.86 bits per heavy atom. The van der Waals surface area contributed by atoms with Crippen molar-refractivity contribution in [2.75, 3.05) is 18.4 Å². The minimum absolute atomic E-state index is 0.147. The van der Waals surface area contributed by atoms with Crippen molar-refractivity contribution in [2.24, 2.45) is 5.92 Å². The Labute approximate surface area is 164 Å². The molecule has 8 nitrogen and oxygen atoms in total. The molecule has 0 radical (unpaired) electrons. The molecule has 1 aliphatic heterocycles. The first kappa shape index (κ1) is 20.6. The monoisotopic (exact) mass is 411 g/mol. The maximum Gasteiger partial charge on any atom is 0.416 e. The van der Waals surface area contributed by atoms with E-state index in [0.29, 0.717) is 37.6 Å². The van der Waals surface area contributed by atoms with Crippen molar-refractivity contribution < 1.29 is 27.3 Å². The van der Waals surface area contributed by atoms with Gasteiger partial charge in [-0.15, -0.1) is 0 Å². The lowest BCUT2D eigenvalue weighted by atomic mass is 9.96. The molecule has 0 saturated carbocycles. The van der Waals surface area contributed by atoms with Gasteiger partial charge in [0.15, 0.2) is 5.82 Å². The lowest BCUT2D eigenvalue weighted by molar-refractivity contribution is -0.137. The second-order valence-electron chi connectivity index (χ2n) is 6.72. The van der Waals surface area contributed by atoms with E-state index < -0.39 is 17.8 Å². The summed E-state index contributed by atoms with van der Waals surface area (Å²) in [5, 5.41) is 8.96. The number of aromatic nitrogens is 2. The number of aryl methyl sites for hydroxylation is 1. The zero-order valence-electron chi connectivity index (χ0n) is 15.6. The zero-order valence-corrected chi connectivity index (χ0v) is 15.6. The molecule has 1 fully saturated rings. The molecule has 1 aliphatic rings. The number of carbonyl (C=O) groups excluding carboxylic acids is 2. The summed E-state index contributed by atoms with van der Waals surface area (Å²) in [5.41, 5.74) is -0.504. The van der Waals surface area contributed by atoms with Gasteiger partial charge < -0.3 is 20.1 Å². The number of rotatable bonds is 4. The number of anilines is 1. The Morgan fingerprint density at radius 3 is 2.41 bits per heavy atom. The first-order chi connectivity index (χ1) is 13.7. The van der Waals surface area contributed by atoms with Gasteiger partial charge in [-0.1, -0.05) is 5.16 Å². The second-order valence-corrected chi connectivity index (χ2v) is 6.72. The van der Waals surface area contributed by atoms with Crippen molar-refractivity contribution in [1.82, 2.24) is 20.4 Å². The van der Waals surface area contributed by atoms with E-state index in [2.05, 4.69) is 20.8 Å². The van der Waals surface area contributed by atoms with Crippen LogP contribution in [-0.2, 0) is 17.5 Å². The number of likely N-dealkylation sites (tertiary alicyclic amines) is 1. The Kier molecular flexibility index (Phi) is 6.04. The van der Waals surface area contributed by atoms with E-state index in [1.807, 2.05) is 0 Å².